The summed E-state index contributed by atoms with van der Waals surface area (Å²) in [6.07, 6.45) is 2.65. The first-order chi connectivity index (χ1) is 5.21. The van der Waals surface area contributed by atoms with Crippen molar-refractivity contribution in [3.05, 3.63) is 21.6 Å². The fourth-order valence-electron chi connectivity index (χ4n) is 0.909. The summed E-state index contributed by atoms with van der Waals surface area (Å²) in [5.74, 6) is 0. The first kappa shape index (κ1) is 8.26. The van der Waals surface area contributed by atoms with Crippen LogP contribution in [0.4, 0.5) is 0 Å². The first-order valence-corrected chi connectivity index (χ1v) is 4.00. The lowest BCUT2D eigenvalue weighted by atomic mass is 10.1. The van der Waals surface area contributed by atoms with Crippen LogP contribution in [-0.2, 0) is 4.79 Å². The number of carbonyl (C=O) groups is 1. The highest BCUT2D eigenvalue weighted by atomic mass is 32.2. The Hall–Kier alpha value is -0.840. The summed E-state index contributed by atoms with van der Waals surface area (Å²) in [7, 11) is 0. The summed E-state index contributed by atoms with van der Waals surface area (Å²) in [6, 6.07) is 0. The minimum absolute atomic E-state index is 0.0162. The molecule has 0 spiro atoms. The van der Waals surface area contributed by atoms with E-state index in [0.717, 1.165) is 11.8 Å². The van der Waals surface area contributed by atoms with E-state index in [4.69, 9.17) is 0 Å². The van der Waals surface area contributed by atoms with Gasteiger partial charge in [-0.25, -0.2) is 0 Å². The van der Waals surface area contributed by atoms with Crippen LogP contribution in [-0.4, -0.2) is 16.1 Å². The second-order valence-corrected chi connectivity index (χ2v) is 3.54. The van der Waals surface area contributed by atoms with Gasteiger partial charge in [-0.05, 0) is 5.41 Å². The maximum absolute atomic E-state index is 10.5. The highest BCUT2D eigenvalue weighted by Gasteiger charge is 2.44. The fraction of sp³-hybridized carbons (Fsp3) is 0.500. The Kier molecular flexibility index (Phi) is 2.28. The predicted octanol–water partition coefficient (Wildman–Crippen LogP) is 1.20. The number of hydrogen-bond donors (Lipinski definition) is 0. The molecular formula is C6H7NO3S. The van der Waals surface area contributed by atoms with Crippen LogP contribution in [0.1, 0.15) is 12.8 Å². The molecule has 0 aromatic rings. The molecule has 0 aromatic carbocycles. The highest BCUT2D eigenvalue weighted by molar-refractivity contribution is 8.03. The molecule has 1 rings (SSSR count). The minimum atomic E-state index is -1.10. The van der Waals surface area contributed by atoms with Crippen LogP contribution in [0, 0.1) is 10.1 Å². The molecule has 0 N–H and O–H groups in total. The summed E-state index contributed by atoms with van der Waals surface area (Å²) < 4.78 is 0. The van der Waals surface area contributed by atoms with Gasteiger partial charge in [0.1, 0.15) is 6.29 Å². The second-order valence-electron chi connectivity index (χ2n) is 2.27. The molecule has 0 radical (unpaired) electrons. The molecular weight excluding hydrogens is 166 g/mol. The lowest BCUT2D eigenvalue weighted by Gasteiger charge is -2.14. The quantitative estimate of drug-likeness (QED) is 0.365. The van der Waals surface area contributed by atoms with E-state index in [1.54, 1.807) is 11.5 Å². The number of thioether (sulfide) groups is 1. The van der Waals surface area contributed by atoms with Crippen LogP contribution in [0.3, 0.4) is 0 Å². The van der Waals surface area contributed by atoms with Gasteiger partial charge in [-0.2, -0.15) is 0 Å². The fourth-order valence-corrected chi connectivity index (χ4v) is 1.80. The van der Waals surface area contributed by atoms with Crippen molar-refractivity contribution in [2.45, 2.75) is 17.7 Å². The normalized spacial score (nSPS) is 28.7. The van der Waals surface area contributed by atoms with Crippen LogP contribution in [0.2, 0.25) is 0 Å². The van der Waals surface area contributed by atoms with Gasteiger partial charge in [0.05, 0.1) is 6.42 Å². The molecule has 0 bridgehead atoms. The number of nitrogens with zero attached hydrogens (tertiary/aromatic N) is 1. The molecule has 1 aliphatic rings. The van der Waals surface area contributed by atoms with E-state index < -0.39 is 4.87 Å². The zero-order chi connectivity index (χ0) is 8.32. The van der Waals surface area contributed by atoms with E-state index in [-0.39, 0.29) is 11.3 Å². The Labute approximate surface area is 67.8 Å². The van der Waals surface area contributed by atoms with Crippen molar-refractivity contribution >= 4 is 18.0 Å². The average molecular weight is 173 g/mol. The molecule has 11 heavy (non-hydrogen) atoms. The third-order valence-corrected chi connectivity index (χ3v) is 2.81. The van der Waals surface area contributed by atoms with Gasteiger partial charge < -0.3 is 4.79 Å². The third kappa shape index (κ3) is 1.42. The third-order valence-electron chi connectivity index (χ3n) is 1.56. The van der Waals surface area contributed by atoms with Crippen molar-refractivity contribution in [1.82, 2.24) is 0 Å². The smallest absolute Gasteiger partial charge is 0.281 e. The van der Waals surface area contributed by atoms with Gasteiger partial charge in [-0.1, -0.05) is 17.8 Å². The molecule has 4 nitrogen and oxygen atoms in total. The Bertz CT molecular complexity index is 206. The molecule has 0 saturated carbocycles. The van der Waals surface area contributed by atoms with Crippen LogP contribution >= 0.6 is 11.8 Å². The number of aldehydes is 1. The van der Waals surface area contributed by atoms with E-state index in [1.165, 1.54) is 0 Å². The summed E-state index contributed by atoms with van der Waals surface area (Å²) in [5.41, 5.74) is 0. The van der Waals surface area contributed by atoms with Crippen LogP contribution < -0.4 is 0 Å². The van der Waals surface area contributed by atoms with Crippen LogP contribution in [0.5, 0.6) is 0 Å². The standard InChI is InChI=1S/C6H7NO3S/c8-4-3-6(7(9)10)2-1-5-11-6/h1,4-5H,2-3H2. The molecule has 60 valence electrons. The molecule has 0 saturated heterocycles. The van der Waals surface area contributed by atoms with E-state index in [1.807, 2.05) is 0 Å². The SMILES string of the molecule is O=CCC1([N+](=O)[O-])CC=CS1. The predicted molar refractivity (Wildman–Crippen MR) is 41.8 cm³/mol. The van der Waals surface area contributed by atoms with Gasteiger partial charge in [0.15, 0.2) is 0 Å². The molecule has 0 amide bonds. The maximum atomic E-state index is 10.5. The minimum Gasteiger partial charge on any atom is -0.303 e. The van der Waals surface area contributed by atoms with Crippen LogP contribution in [0.15, 0.2) is 11.5 Å². The summed E-state index contributed by atoms with van der Waals surface area (Å²) in [4.78, 5) is 19.1. The molecule has 0 aromatic heterocycles. The van der Waals surface area contributed by atoms with E-state index in [2.05, 4.69) is 0 Å². The zero-order valence-corrected chi connectivity index (χ0v) is 6.54. The van der Waals surface area contributed by atoms with Crippen molar-refractivity contribution in [2.75, 3.05) is 0 Å². The molecule has 5 heteroatoms. The number of hydrogen-bond acceptors (Lipinski definition) is 4. The van der Waals surface area contributed by atoms with Crippen molar-refractivity contribution in [3.8, 4) is 0 Å². The number of rotatable bonds is 3. The monoisotopic (exact) mass is 173 g/mol. The van der Waals surface area contributed by atoms with Crippen molar-refractivity contribution in [2.24, 2.45) is 0 Å². The average Bonchev–Trinajstić information content (AvgIpc) is 2.38. The summed E-state index contributed by atoms with van der Waals surface area (Å²) >= 11 is 1.11. The van der Waals surface area contributed by atoms with Crippen molar-refractivity contribution in [3.63, 3.8) is 0 Å². The second kappa shape index (κ2) is 3.04. The van der Waals surface area contributed by atoms with Crippen LogP contribution in [0.25, 0.3) is 0 Å². The Morgan fingerprint density at radius 3 is 2.91 bits per heavy atom. The molecule has 1 aliphatic heterocycles. The van der Waals surface area contributed by atoms with Gasteiger partial charge in [0, 0.05) is 11.3 Å². The topological polar surface area (TPSA) is 60.2 Å². The number of nitro groups is 1. The molecule has 0 aliphatic carbocycles. The van der Waals surface area contributed by atoms with Gasteiger partial charge in [0.2, 0.25) is 0 Å². The summed E-state index contributed by atoms with van der Waals surface area (Å²) in [5, 5.41) is 12.2. The van der Waals surface area contributed by atoms with Crippen molar-refractivity contribution in [1.29, 1.82) is 0 Å². The molecule has 1 heterocycles. The first-order valence-electron chi connectivity index (χ1n) is 3.12. The Balaban J connectivity index is 2.72. The number of carbonyl (C=O) groups excluding carboxylic acids is 1. The lowest BCUT2D eigenvalue weighted by molar-refractivity contribution is -0.535. The van der Waals surface area contributed by atoms with Gasteiger partial charge in [0.25, 0.3) is 4.87 Å². The Morgan fingerprint density at radius 1 is 1.82 bits per heavy atom. The molecule has 0 fully saturated rings. The van der Waals surface area contributed by atoms with Gasteiger partial charge in [-0.3, -0.25) is 10.1 Å². The van der Waals surface area contributed by atoms with E-state index in [9.17, 15) is 14.9 Å². The Morgan fingerprint density at radius 2 is 2.55 bits per heavy atom. The van der Waals surface area contributed by atoms with E-state index >= 15 is 0 Å². The molecule has 1 unspecified atom stereocenters. The molecule has 1 atom stereocenters. The largest absolute Gasteiger partial charge is 0.303 e. The maximum Gasteiger partial charge on any atom is 0.281 e. The van der Waals surface area contributed by atoms with Gasteiger partial charge in [-0.15, -0.1) is 0 Å². The lowest BCUT2D eigenvalue weighted by Crippen LogP contribution is -2.32. The zero-order valence-electron chi connectivity index (χ0n) is 5.73. The van der Waals surface area contributed by atoms with Crippen molar-refractivity contribution < 1.29 is 9.72 Å². The summed E-state index contributed by atoms with van der Waals surface area (Å²) in [6.45, 7) is 0. The van der Waals surface area contributed by atoms with Gasteiger partial charge >= 0.3 is 0 Å². The van der Waals surface area contributed by atoms with E-state index in [0.29, 0.717) is 12.7 Å². The highest BCUT2D eigenvalue weighted by Crippen LogP contribution is 2.38.